The minimum absolute atomic E-state index is 0.120. The second kappa shape index (κ2) is 6.97. The van der Waals surface area contributed by atoms with Crippen LogP contribution in [0.15, 0.2) is 0 Å². The Morgan fingerprint density at radius 3 is 2.47 bits per heavy atom. The van der Waals surface area contributed by atoms with Crippen LogP contribution in [0.3, 0.4) is 0 Å². The number of ether oxygens (including phenoxy) is 1. The van der Waals surface area contributed by atoms with Crippen molar-refractivity contribution >= 4 is 5.91 Å². The van der Waals surface area contributed by atoms with Crippen LogP contribution in [-0.2, 0) is 9.53 Å². The van der Waals surface area contributed by atoms with Crippen molar-refractivity contribution in [3.63, 3.8) is 0 Å². The Labute approximate surface area is 104 Å². The molecule has 0 spiro atoms. The van der Waals surface area contributed by atoms with Crippen molar-refractivity contribution in [1.29, 1.82) is 0 Å². The average molecular weight is 242 g/mol. The zero-order valence-corrected chi connectivity index (χ0v) is 11.3. The topological polar surface area (TPSA) is 55.6 Å². The van der Waals surface area contributed by atoms with E-state index in [0.717, 1.165) is 38.6 Å². The van der Waals surface area contributed by atoms with Crippen LogP contribution in [0.4, 0.5) is 0 Å². The highest BCUT2D eigenvalue weighted by Gasteiger charge is 2.29. The molecule has 1 rings (SSSR count). The van der Waals surface area contributed by atoms with Crippen molar-refractivity contribution < 1.29 is 9.53 Å². The lowest BCUT2D eigenvalue weighted by atomic mass is 9.90. The summed E-state index contributed by atoms with van der Waals surface area (Å²) in [5.41, 5.74) is 5.90. The molecule has 0 saturated heterocycles. The molecular formula is C13H26N2O2. The van der Waals surface area contributed by atoms with Gasteiger partial charge in [0.05, 0.1) is 0 Å². The van der Waals surface area contributed by atoms with Crippen molar-refractivity contribution in [2.45, 2.75) is 64.1 Å². The molecule has 4 nitrogen and oxygen atoms in total. The van der Waals surface area contributed by atoms with Gasteiger partial charge in [-0.15, -0.1) is 0 Å². The van der Waals surface area contributed by atoms with Gasteiger partial charge in [0.15, 0.2) is 0 Å². The lowest BCUT2D eigenvalue weighted by Crippen LogP contribution is -2.48. The smallest absolute Gasteiger partial charge is 0.251 e. The van der Waals surface area contributed by atoms with E-state index in [4.69, 9.17) is 10.5 Å². The minimum Gasteiger partial charge on any atom is -0.372 e. The second-order valence-electron chi connectivity index (χ2n) is 4.98. The number of amides is 1. The molecule has 1 fully saturated rings. The second-order valence-corrected chi connectivity index (χ2v) is 4.98. The van der Waals surface area contributed by atoms with E-state index in [0.29, 0.717) is 12.1 Å². The van der Waals surface area contributed by atoms with E-state index in [-0.39, 0.29) is 12.0 Å². The summed E-state index contributed by atoms with van der Waals surface area (Å²) in [5.74, 6) is 0.120. The molecule has 1 amide bonds. The molecule has 1 atom stereocenters. The molecule has 0 radical (unpaired) electrons. The van der Waals surface area contributed by atoms with Gasteiger partial charge in [-0.25, -0.2) is 0 Å². The third-order valence-electron chi connectivity index (χ3n) is 3.63. The van der Waals surface area contributed by atoms with Gasteiger partial charge in [0.2, 0.25) is 0 Å². The Bertz CT molecular complexity index is 238. The number of methoxy groups -OCH3 is 1. The number of nitrogens with two attached hydrogens (primary N) is 1. The van der Waals surface area contributed by atoms with Crippen LogP contribution in [-0.4, -0.2) is 42.6 Å². The molecule has 0 aliphatic heterocycles. The summed E-state index contributed by atoms with van der Waals surface area (Å²) in [6, 6.07) is 0.685. The lowest BCUT2D eigenvalue weighted by molar-refractivity contribution is -0.144. The SMILES string of the molecule is CCCN(C(=O)C(C)OC)C1CCC(N)CC1. The standard InChI is InChI=1S/C13H26N2O2/c1-4-9-15(13(16)10(2)17-3)12-7-5-11(14)6-8-12/h10-12H,4-9,14H2,1-3H3. The minimum atomic E-state index is -0.336. The molecule has 1 saturated carbocycles. The van der Waals surface area contributed by atoms with Gasteiger partial charge in [-0.3, -0.25) is 4.79 Å². The molecule has 2 N–H and O–H groups in total. The Morgan fingerprint density at radius 2 is 2.00 bits per heavy atom. The number of hydrogen-bond acceptors (Lipinski definition) is 3. The van der Waals surface area contributed by atoms with Gasteiger partial charge in [-0.1, -0.05) is 6.92 Å². The van der Waals surface area contributed by atoms with E-state index in [2.05, 4.69) is 6.92 Å². The van der Waals surface area contributed by atoms with Crippen molar-refractivity contribution in [3.8, 4) is 0 Å². The Balaban J connectivity index is 2.61. The number of carbonyl (C=O) groups excluding carboxylic acids is 1. The molecule has 0 aromatic heterocycles. The van der Waals surface area contributed by atoms with Gasteiger partial charge in [0, 0.05) is 25.7 Å². The molecule has 17 heavy (non-hydrogen) atoms. The predicted octanol–water partition coefficient (Wildman–Crippen LogP) is 1.53. The van der Waals surface area contributed by atoms with Gasteiger partial charge in [0.25, 0.3) is 5.91 Å². The summed E-state index contributed by atoms with van der Waals surface area (Å²) in [5, 5.41) is 0. The fourth-order valence-corrected chi connectivity index (χ4v) is 2.46. The summed E-state index contributed by atoms with van der Waals surface area (Å²) in [4.78, 5) is 14.2. The van der Waals surface area contributed by atoms with Gasteiger partial charge in [-0.05, 0) is 39.0 Å². The molecule has 1 aliphatic rings. The third kappa shape index (κ3) is 3.96. The Kier molecular flexibility index (Phi) is 5.92. The maximum atomic E-state index is 12.2. The van der Waals surface area contributed by atoms with E-state index >= 15 is 0 Å². The first-order valence-electron chi connectivity index (χ1n) is 6.69. The molecule has 4 heteroatoms. The zero-order chi connectivity index (χ0) is 12.8. The average Bonchev–Trinajstić information content (AvgIpc) is 2.35. The van der Waals surface area contributed by atoms with Crippen LogP contribution >= 0.6 is 0 Å². The zero-order valence-electron chi connectivity index (χ0n) is 11.3. The first-order valence-corrected chi connectivity index (χ1v) is 6.69. The maximum absolute atomic E-state index is 12.2. The van der Waals surface area contributed by atoms with Gasteiger partial charge in [-0.2, -0.15) is 0 Å². The van der Waals surface area contributed by atoms with Crippen LogP contribution in [0.1, 0.15) is 46.0 Å². The van der Waals surface area contributed by atoms with Crippen LogP contribution < -0.4 is 5.73 Å². The number of rotatable bonds is 5. The first-order chi connectivity index (χ1) is 8.10. The summed E-state index contributed by atoms with van der Waals surface area (Å²) in [6.07, 6.45) is 4.77. The maximum Gasteiger partial charge on any atom is 0.251 e. The highest BCUT2D eigenvalue weighted by atomic mass is 16.5. The molecule has 0 aromatic carbocycles. The fraction of sp³-hybridized carbons (Fsp3) is 0.923. The summed E-state index contributed by atoms with van der Waals surface area (Å²) in [7, 11) is 1.59. The van der Waals surface area contributed by atoms with Crippen molar-refractivity contribution in [3.05, 3.63) is 0 Å². The largest absolute Gasteiger partial charge is 0.372 e. The number of nitrogens with zero attached hydrogens (tertiary/aromatic N) is 1. The van der Waals surface area contributed by atoms with Gasteiger partial charge >= 0.3 is 0 Å². The van der Waals surface area contributed by atoms with Crippen molar-refractivity contribution in [2.24, 2.45) is 5.73 Å². The van der Waals surface area contributed by atoms with Crippen LogP contribution in [0.25, 0.3) is 0 Å². The summed E-state index contributed by atoms with van der Waals surface area (Å²) < 4.78 is 5.14. The molecule has 0 aromatic rings. The van der Waals surface area contributed by atoms with Crippen LogP contribution in [0.2, 0.25) is 0 Å². The molecule has 0 heterocycles. The lowest BCUT2D eigenvalue weighted by Gasteiger charge is -2.37. The summed E-state index contributed by atoms with van der Waals surface area (Å²) >= 11 is 0. The quantitative estimate of drug-likeness (QED) is 0.795. The van der Waals surface area contributed by atoms with E-state index in [1.165, 1.54) is 0 Å². The third-order valence-corrected chi connectivity index (χ3v) is 3.63. The molecule has 0 bridgehead atoms. The molecule has 1 aliphatic carbocycles. The number of hydrogen-bond donors (Lipinski definition) is 1. The monoisotopic (exact) mass is 242 g/mol. The highest BCUT2D eigenvalue weighted by Crippen LogP contribution is 2.23. The van der Waals surface area contributed by atoms with Crippen LogP contribution in [0.5, 0.6) is 0 Å². The van der Waals surface area contributed by atoms with Gasteiger partial charge in [0.1, 0.15) is 6.10 Å². The highest BCUT2D eigenvalue weighted by molar-refractivity contribution is 5.80. The van der Waals surface area contributed by atoms with Crippen molar-refractivity contribution in [2.75, 3.05) is 13.7 Å². The van der Waals surface area contributed by atoms with E-state index < -0.39 is 0 Å². The van der Waals surface area contributed by atoms with E-state index in [1.54, 1.807) is 7.11 Å². The van der Waals surface area contributed by atoms with E-state index in [1.807, 2.05) is 11.8 Å². The molecular weight excluding hydrogens is 216 g/mol. The fourth-order valence-electron chi connectivity index (χ4n) is 2.46. The first kappa shape index (κ1) is 14.5. The number of carbonyl (C=O) groups is 1. The van der Waals surface area contributed by atoms with Gasteiger partial charge < -0.3 is 15.4 Å². The Hall–Kier alpha value is -0.610. The summed E-state index contributed by atoms with van der Waals surface area (Å²) in [6.45, 7) is 4.75. The molecule has 100 valence electrons. The molecule has 1 unspecified atom stereocenters. The van der Waals surface area contributed by atoms with E-state index in [9.17, 15) is 4.79 Å². The van der Waals surface area contributed by atoms with Crippen molar-refractivity contribution in [1.82, 2.24) is 4.90 Å². The van der Waals surface area contributed by atoms with Crippen LogP contribution in [0, 0.1) is 0 Å². The normalized spacial score (nSPS) is 26.6. The predicted molar refractivity (Wildman–Crippen MR) is 68.7 cm³/mol. The Morgan fingerprint density at radius 1 is 1.41 bits per heavy atom.